The van der Waals surface area contributed by atoms with Gasteiger partial charge in [-0.25, -0.2) is 0 Å². The maximum absolute atomic E-state index is 12.8. The Kier molecular flexibility index (Phi) is 4.13. The second kappa shape index (κ2) is 5.83. The molecule has 0 saturated carbocycles. The zero-order valence-electron chi connectivity index (χ0n) is 10.7. The van der Waals surface area contributed by atoms with Crippen molar-refractivity contribution in [2.75, 3.05) is 5.43 Å². The Hall–Kier alpha value is -2.55. The molecule has 112 valence electrons. The molecule has 0 bridgehead atoms. The predicted molar refractivity (Wildman–Crippen MR) is 69.0 cm³/mol. The molecule has 2 rings (SSSR count). The predicted octanol–water partition coefficient (Wildman–Crippen LogP) is 1.64. The number of nitrogens with two attached hydrogens (primary N) is 1. The molecule has 1 aromatic heterocycles. The lowest BCUT2D eigenvalue weighted by atomic mass is 10.1. The van der Waals surface area contributed by atoms with Crippen LogP contribution in [-0.4, -0.2) is 16.1 Å². The monoisotopic (exact) mass is 299 g/mol. The summed E-state index contributed by atoms with van der Waals surface area (Å²) in [6.07, 6.45) is -1.55. The summed E-state index contributed by atoms with van der Waals surface area (Å²) in [7, 11) is 0. The van der Waals surface area contributed by atoms with Crippen LogP contribution in [0.15, 0.2) is 30.6 Å². The number of anilines is 1. The molecule has 2 aromatic rings. The van der Waals surface area contributed by atoms with Crippen molar-refractivity contribution < 1.29 is 18.0 Å². The van der Waals surface area contributed by atoms with Crippen LogP contribution < -0.4 is 16.6 Å². The molecule has 0 aliphatic heterocycles. The number of benzene rings is 1. The number of hydrazine groups is 1. The number of aromatic nitrogens is 2. The number of alkyl halides is 3. The third-order valence-electron chi connectivity index (χ3n) is 2.77. The van der Waals surface area contributed by atoms with E-state index in [4.69, 9.17) is 5.84 Å². The molecule has 21 heavy (non-hydrogen) atoms. The first kappa shape index (κ1) is 14.9. The number of carbonyl (C=O) groups is 1. The standard InChI is InChI=1S/C12H12F3N5O/c13-12(14,15)9-3-1-2-8(10(9)20-16)11(21)17-4-7-5-18-19-6-7/h1-3,5-6,20H,4,16H2,(H,17,21)(H,18,19). The van der Waals surface area contributed by atoms with E-state index in [0.717, 1.165) is 12.1 Å². The van der Waals surface area contributed by atoms with Crippen LogP contribution in [0.4, 0.5) is 18.9 Å². The van der Waals surface area contributed by atoms with Gasteiger partial charge >= 0.3 is 6.18 Å². The average Bonchev–Trinajstić information content (AvgIpc) is 2.96. The fraction of sp³-hybridized carbons (Fsp3) is 0.167. The number of nitrogen functional groups attached to an aromatic ring is 1. The molecule has 0 atom stereocenters. The van der Waals surface area contributed by atoms with E-state index >= 15 is 0 Å². The second-order valence-corrected chi connectivity index (χ2v) is 4.16. The van der Waals surface area contributed by atoms with Crippen molar-refractivity contribution in [3.05, 3.63) is 47.3 Å². The molecule has 0 aliphatic carbocycles. The third-order valence-corrected chi connectivity index (χ3v) is 2.77. The van der Waals surface area contributed by atoms with Gasteiger partial charge in [0.2, 0.25) is 0 Å². The van der Waals surface area contributed by atoms with Crippen molar-refractivity contribution in [3.63, 3.8) is 0 Å². The molecule has 0 aliphatic rings. The van der Waals surface area contributed by atoms with Crippen molar-refractivity contribution in [1.82, 2.24) is 15.5 Å². The van der Waals surface area contributed by atoms with Crippen molar-refractivity contribution in [3.8, 4) is 0 Å². The molecule has 0 saturated heterocycles. The molecule has 1 amide bonds. The van der Waals surface area contributed by atoms with Gasteiger partial charge in [-0.05, 0) is 12.1 Å². The highest BCUT2D eigenvalue weighted by Crippen LogP contribution is 2.36. The first-order chi connectivity index (χ1) is 9.93. The molecule has 1 heterocycles. The zero-order valence-corrected chi connectivity index (χ0v) is 10.7. The highest BCUT2D eigenvalue weighted by Gasteiger charge is 2.35. The van der Waals surface area contributed by atoms with E-state index in [9.17, 15) is 18.0 Å². The number of hydrogen-bond donors (Lipinski definition) is 4. The summed E-state index contributed by atoms with van der Waals surface area (Å²) < 4.78 is 38.5. The van der Waals surface area contributed by atoms with Gasteiger partial charge < -0.3 is 10.7 Å². The highest BCUT2D eigenvalue weighted by atomic mass is 19.4. The van der Waals surface area contributed by atoms with Crippen molar-refractivity contribution >= 4 is 11.6 Å². The van der Waals surface area contributed by atoms with Gasteiger partial charge in [-0.2, -0.15) is 18.3 Å². The van der Waals surface area contributed by atoms with Gasteiger partial charge in [0.25, 0.3) is 5.91 Å². The lowest BCUT2D eigenvalue weighted by Crippen LogP contribution is -2.26. The Balaban J connectivity index is 2.24. The molecule has 5 N–H and O–H groups in total. The molecule has 0 fully saturated rings. The Bertz CT molecular complexity index is 624. The number of nitrogens with zero attached hydrogens (tertiary/aromatic N) is 1. The van der Waals surface area contributed by atoms with E-state index in [2.05, 4.69) is 15.5 Å². The summed E-state index contributed by atoms with van der Waals surface area (Å²) in [5, 5.41) is 8.75. The molecular weight excluding hydrogens is 287 g/mol. The lowest BCUT2D eigenvalue weighted by molar-refractivity contribution is -0.137. The largest absolute Gasteiger partial charge is 0.418 e. The van der Waals surface area contributed by atoms with Gasteiger partial charge in [-0.3, -0.25) is 15.7 Å². The lowest BCUT2D eigenvalue weighted by Gasteiger charge is -2.15. The number of nitrogens with one attached hydrogen (secondary N) is 3. The van der Waals surface area contributed by atoms with E-state index in [1.54, 1.807) is 6.20 Å². The maximum Gasteiger partial charge on any atom is 0.418 e. The summed E-state index contributed by atoms with van der Waals surface area (Å²) in [6, 6.07) is 3.26. The Morgan fingerprint density at radius 2 is 2.14 bits per heavy atom. The van der Waals surface area contributed by atoms with Crippen molar-refractivity contribution in [2.24, 2.45) is 5.84 Å². The van der Waals surface area contributed by atoms with Crippen LogP contribution in [0.5, 0.6) is 0 Å². The number of halogens is 3. The molecule has 1 aromatic carbocycles. The summed E-state index contributed by atoms with van der Waals surface area (Å²) in [5.41, 5.74) is 0.991. The minimum absolute atomic E-state index is 0.135. The fourth-order valence-electron chi connectivity index (χ4n) is 1.79. The normalized spacial score (nSPS) is 11.2. The van der Waals surface area contributed by atoms with Crippen LogP contribution in [0, 0.1) is 0 Å². The highest BCUT2D eigenvalue weighted by molar-refractivity contribution is 6.00. The van der Waals surface area contributed by atoms with E-state index in [1.807, 2.05) is 5.43 Å². The molecule has 6 nitrogen and oxygen atoms in total. The molecule has 0 unspecified atom stereocenters. The van der Waals surface area contributed by atoms with Gasteiger partial charge in [0.05, 0.1) is 23.0 Å². The van der Waals surface area contributed by atoms with E-state index in [0.29, 0.717) is 5.56 Å². The summed E-state index contributed by atoms with van der Waals surface area (Å²) in [6.45, 7) is 0.135. The maximum atomic E-state index is 12.8. The smallest absolute Gasteiger partial charge is 0.348 e. The van der Waals surface area contributed by atoms with E-state index in [1.165, 1.54) is 12.3 Å². The molecule has 0 radical (unpaired) electrons. The van der Waals surface area contributed by atoms with E-state index in [-0.39, 0.29) is 12.1 Å². The van der Waals surface area contributed by atoms with Crippen LogP contribution in [0.3, 0.4) is 0 Å². The molecule has 9 heteroatoms. The second-order valence-electron chi connectivity index (χ2n) is 4.16. The van der Waals surface area contributed by atoms with Gasteiger partial charge in [-0.15, -0.1) is 0 Å². The quantitative estimate of drug-likeness (QED) is 0.510. The van der Waals surface area contributed by atoms with Crippen molar-refractivity contribution in [1.29, 1.82) is 0 Å². The van der Waals surface area contributed by atoms with Crippen LogP contribution in [-0.2, 0) is 12.7 Å². The Morgan fingerprint density at radius 3 is 2.71 bits per heavy atom. The van der Waals surface area contributed by atoms with Gasteiger partial charge in [0.1, 0.15) is 0 Å². The van der Waals surface area contributed by atoms with Crippen LogP contribution in [0.1, 0.15) is 21.5 Å². The third kappa shape index (κ3) is 3.31. The zero-order chi connectivity index (χ0) is 15.5. The number of amides is 1. The van der Waals surface area contributed by atoms with E-state index < -0.39 is 23.3 Å². The van der Waals surface area contributed by atoms with Gasteiger partial charge in [0.15, 0.2) is 0 Å². The number of H-pyrrole nitrogens is 1. The van der Waals surface area contributed by atoms with Crippen molar-refractivity contribution in [2.45, 2.75) is 12.7 Å². The minimum Gasteiger partial charge on any atom is -0.348 e. The van der Waals surface area contributed by atoms with Crippen LogP contribution in [0.25, 0.3) is 0 Å². The summed E-state index contributed by atoms with van der Waals surface area (Å²) in [5.74, 6) is 4.46. The Labute approximate surface area is 117 Å². The van der Waals surface area contributed by atoms with Gasteiger partial charge in [-0.1, -0.05) is 6.07 Å². The molecular formula is C12H12F3N5O. The summed E-state index contributed by atoms with van der Waals surface area (Å²) in [4.78, 5) is 12.0. The van der Waals surface area contributed by atoms with Crippen LogP contribution in [0.2, 0.25) is 0 Å². The SMILES string of the molecule is NNc1c(C(=O)NCc2cn[nH]c2)cccc1C(F)(F)F. The number of aromatic amines is 1. The fourth-order valence-corrected chi connectivity index (χ4v) is 1.79. The topological polar surface area (TPSA) is 95.8 Å². The first-order valence-corrected chi connectivity index (χ1v) is 5.86. The average molecular weight is 299 g/mol. The number of rotatable bonds is 4. The first-order valence-electron chi connectivity index (χ1n) is 5.86. The Morgan fingerprint density at radius 1 is 1.38 bits per heavy atom. The molecule has 0 spiro atoms. The van der Waals surface area contributed by atoms with Gasteiger partial charge in [0, 0.05) is 18.3 Å². The minimum atomic E-state index is -4.61. The van der Waals surface area contributed by atoms with Crippen LogP contribution >= 0.6 is 0 Å². The number of carbonyl (C=O) groups excluding carboxylic acids is 1. The number of para-hydroxylation sites is 1. The number of hydrogen-bond acceptors (Lipinski definition) is 4. The summed E-state index contributed by atoms with van der Waals surface area (Å²) >= 11 is 0.